The van der Waals surface area contributed by atoms with Gasteiger partial charge in [0.25, 0.3) is 0 Å². The average Bonchev–Trinajstić information content (AvgIpc) is 3.27. The van der Waals surface area contributed by atoms with Crippen molar-refractivity contribution < 1.29 is 39.8 Å². The highest BCUT2D eigenvalue weighted by Gasteiger charge is 2.44. The molecule has 0 saturated carbocycles. The van der Waals surface area contributed by atoms with E-state index in [1.807, 2.05) is 6.92 Å². The smallest absolute Gasteiger partial charge is 0.220 e. The van der Waals surface area contributed by atoms with Crippen molar-refractivity contribution in [2.24, 2.45) is 0 Å². The number of ether oxygens (including phenoxy) is 2. The van der Waals surface area contributed by atoms with Crippen LogP contribution in [0, 0.1) is 0 Å². The number of rotatable bonds is 46. The van der Waals surface area contributed by atoms with Crippen LogP contribution in [0.15, 0.2) is 0 Å². The van der Waals surface area contributed by atoms with Crippen molar-refractivity contribution in [1.82, 2.24) is 5.32 Å². The van der Waals surface area contributed by atoms with Crippen LogP contribution in [0.2, 0.25) is 0 Å². The lowest BCUT2D eigenvalue weighted by Crippen LogP contribution is -2.60. The molecule has 1 saturated heterocycles. The molecular weight excluding hydrogens is 799 g/mol. The van der Waals surface area contributed by atoms with E-state index in [2.05, 4.69) is 19.2 Å². The second-order valence-corrected chi connectivity index (χ2v) is 20.3. The van der Waals surface area contributed by atoms with Gasteiger partial charge in [0, 0.05) is 12.2 Å². The summed E-state index contributed by atoms with van der Waals surface area (Å²) in [7, 11) is 0. The summed E-state index contributed by atoms with van der Waals surface area (Å²) < 4.78 is 11.7. The minimum absolute atomic E-state index is 0.212. The van der Waals surface area contributed by atoms with Crippen LogP contribution in [0.25, 0.3) is 0 Å². The number of amides is 1. The molecule has 370 valence electrons. The molecule has 3 unspecified atom stereocenters. The van der Waals surface area contributed by atoms with Gasteiger partial charge in [0.2, 0.25) is 5.91 Å². The molecule has 0 aliphatic carbocycles. The predicted molar refractivity (Wildman–Crippen MR) is 262 cm³/mol. The Hall–Kier alpha value is -0.460. The average molecular weight is 902 g/mol. The van der Waals surface area contributed by atoms with Gasteiger partial charge in [0.1, 0.15) is 24.4 Å². The molecule has 10 heteroatoms. The first-order chi connectivity index (χ1) is 30.3. The van der Waals surface area contributed by atoms with Gasteiger partial charge in [-0.1, -0.05) is 239 Å². The number of aliphatic hydroxyl groups excluding tert-OH is 5. The quantitative estimate of drug-likeness (QED) is 0.0328. The van der Waals surface area contributed by atoms with E-state index in [0.717, 1.165) is 44.3 Å². The summed E-state index contributed by atoms with van der Waals surface area (Å²) >= 11 is 1.54. The Bertz CT molecular complexity index is 964. The maximum Gasteiger partial charge on any atom is 0.220 e. The fourth-order valence-corrected chi connectivity index (χ4v) is 9.58. The number of carbonyl (C=O) groups is 1. The Morgan fingerprint density at radius 1 is 0.532 bits per heavy atom. The Labute approximate surface area is 386 Å². The minimum Gasteiger partial charge on any atom is -0.390 e. The van der Waals surface area contributed by atoms with Crippen molar-refractivity contribution in [1.29, 1.82) is 0 Å². The molecule has 1 aliphatic rings. The van der Waals surface area contributed by atoms with Gasteiger partial charge in [-0.25, -0.2) is 0 Å². The zero-order chi connectivity index (χ0) is 45.3. The van der Waals surface area contributed by atoms with E-state index in [4.69, 9.17) is 9.47 Å². The van der Waals surface area contributed by atoms with Gasteiger partial charge < -0.3 is 40.3 Å². The maximum absolute atomic E-state index is 13.1. The molecule has 0 aromatic carbocycles. The van der Waals surface area contributed by atoms with Crippen LogP contribution < -0.4 is 5.32 Å². The second kappa shape index (κ2) is 43.1. The molecule has 0 aromatic rings. The van der Waals surface area contributed by atoms with E-state index < -0.39 is 49.0 Å². The van der Waals surface area contributed by atoms with Crippen molar-refractivity contribution in [2.45, 2.75) is 307 Å². The zero-order valence-electron chi connectivity index (χ0n) is 40.8. The van der Waals surface area contributed by atoms with Crippen LogP contribution in [-0.4, -0.2) is 98.5 Å². The molecular formula is C52H103NO8S. The number of hydrogen-bond donors (Lipinski definition) is 6. The summed E-state index contributed by atoms with van der Waals surface area (Å²) in [5.74, 6) is 1.01. The molecule has 1 amide bonds. The molecule has 1 rings (SSSR count). The minimum atomic E-state index is -1.50. The lowest BCUT2D eigenvalue weighted by molar-refractivity contribution is -0.294. The van der Waals surface area contributed by atoms with E-state index in [1.54, 1.807) is 11.8 Å². The van der Waals surface area contributed by atoms with Crippen molar-refractivity contribution in [3.05, 3.63) is 0 Å². The van der Waals surface area contributed by atoms with Gasteiger partial charge >= 0.3 is 0 Å². The highest BCUT2D eigenvalue weighted by molar-refractivity contribution is 7.99. The van der Waals surface area contributed by atoms with Crippen LogP contribution in [-0.2, 0) is 14.3 Å². The highest BCUT2D eigenvalue weighted by atomic mass is 32.2. The van der Waals surface area contributed by atoms with Crippen molar-refractivity contribution in [3.63, 3.8) is 0 Å². The van der Waals surface area contributed by atoms with E-state index >= 15 is 0 Å². The predicted octanol–water partition coefficient (Wildman–Crippen LogP) is 12.2. The van der Waals surface area contributed by atoms with Crippen LogP contribution in [0.5, 0.6) is 0 Å². The van der Waals surface area contributed by atoms with E-state index in [0.29, 0.717) is 18.6 Å². The van der Waals surface area contributed by atoms with Gasteiger partial charge in [0.15, 0.2) is 6.29 Å². The normalized spacial score (nSPS) is 20.7. The molecule has 1 fully saturated rings. The van der Waals surface area contributed by atoms with Crippen molar-refractivity contribution in [3.8, 4) is 0 Å². The van der Waals surface area contributed by atoms with Gasteiger partial charge in [-0.05, 0) is 18.6 Å². The molecule has 0 spiro atoms. The van der Waals surface area contributed by atoms with Crippen LogP contribution >= 0.6 is 11.8 Å². The summed E-state index contributed by atoms with van der Waals surface area (Å²) in [6, 6.07) is -0.928. The Balaban J connectivity index is 2.32. The number of thioether (sulfide) groups is 1. The third-order valence-corrected chi connectivity index (χ3v) is 14.1. The molecule has 6 N–H and O–H groups in total. The molecule has 62 heavy (non-hydrogen) atoms. The SMILES string of the molecule is CCCCCCCCCCCCCCCCCCCCCCCCCC(=O)N[C@@H](CO[C@H]1OC(CSCC)[C@H](O)[C@H](O)C1O)C(O)[C@H](O)CCCCCCCCCCCCCC. The van der Waals surface area contributed by atoms with Crippen LogP contribution in [0.4, 0.5) is 0 Å². The number of unbranched alkanes of at least 4 members (excludes halogenated alkanes) is 33. The number of aliphatic hydroxyl groups is 5. The first kappa shape index (κ1) is 59.6. The van der Waals surface area contributed by atoms with E-state index in [-0.39, 0.29) is 12.5 Å². The summed E-state index contributed by atoms with van der Waals surface area (Å²) in [4.78, 5) is 13.1. The lowest BCUT2D eigenvalue weighted by atomic mass is 9.98. The van der Waals surface area contributed by atoms with E-state index in [9.17, 15) is 30.3 Å². The third-order valence-electron chi connectivity index (χ3n) is 13.1. The van der Waals surface area contributed by atoms with Crippen molar-refractivity contribution in [2.75, 3.05) is 18.1 Å². The summed E-state index contributed by atoms with van der Waals surface area (Å²) in [5, 5.41) is 56.8. The molecule has 8 atom stereocenters. The number of carbonyl (C=O) groups excluding carboxylic acids is 1. The zero-order valence-corrected chi connectivity index (χ0v) is 41.6. The largest absolute Gasteiger partial charge is 0.390 e. The highest BCUT2D eigenvalue weighted by Crippen LogP contribution is 2.25. The fourth-order valence-electron chi connectivity index (χ4n) is 8.83. The molecule has 1 heterocycles. The van der Waals surface area contributed by atoms with Crippen LogP contribution in [0.3, 0.4) is 0 Å². The van der Waals surface area contributed by atoms with Gasteiger partial charge in [-0.2, -0.15) is 11.8 Å². The summed E-state index contributed by atoms with van der Waals surface area (Å²) in [6.07, 6.45) is 37.1. The maximum atomic E-state index is 13.1. The monoisotopic (exact) mass is 902 g/mol. The fraction of sp³-hybridized carbons (Fsp3) is 0.981. The molecule has 9 nitrogen and oxygen atoms in total. The molecule has 0 bridgehead atoms. The molecule has 0 radical (unpaired) electrons. The summed E-state index contributed by atoms with van der Waals surface area (Å²) in [5.41, 5.74) is 0. The van der Waals surface area contributed by atoms with Gasteiger partial charge in [-0.3, -0.25) is 4.79 Å². The Morgan fingerprint density at radius 2 is 0.903 bits per heavy atom. The molecule has 0 aromatic heterocycles. The third kappa shape index (κ3) is 32.3. The number of hydrogen-bond acceptors (Lipinski definition) is 9. The molecule has 1 aliphatic heterocycles. The standard InChI is InChI=1S/C52H103NO8S/c1-4-7-9-11-13-15-17-19-20-21-22-23-24-25-26-27-28-29-31-33-35-37-39-41-47(55)53-44(42-60-52-51(59)50(58)49(57)46(61-52)43-62-6-3)48(56)45(54)40-38-36-34-32-30-18-16-14-12-10-8-5-2/h44-46,48-52,54,56-59H,4-43H2,1-3H3,(H,53,55)/t44-,45+,46?,48?,49-,50-,51?,52-/m0/s1. The van der Waals surface area contributed by atoms with Crippen molar-refractivity contribution >= 4 is 17.7 Å². The second-order valence-electron chi connectivity index (χ2n) is 18.9. The summed E-state index contributed by atoms with van der Waals surface area (Å²) in [6.45, 7) is 6.30. The lowest BCUT2D eigenvalue weighted by Gasteiger charge is -2.41. The number of nitrogens with one attached hydrogen (secondary N) is 1. The first-order valence-corrected chi connectivity index (χ1v) is 28.0. The topological polar surface area (TPSA) is 149 Å². The van der Waals surface area contributed by atoms with E-state index in [1.165, 1.54) is 186 Å². The van der Waals surface area contributed by atoms with Gasteiger partial charge in [-0.15, -0.1) is 0 Å². The van der Waals surface area contributed by atoms with Crippen LogP contribution in [0.1, 0.15) is 258 Å². The Morgan fingerprint density at radius 3 is 1.29 bits per heavy atom. The Kier molecular flexibility index (Phi) is 41.4. The first-order valence-electron chi connectivity index (χ1n) is 26.8. The van der Waals surface area contributed by atoms with Gasteiger partial charge in [0.05, 0.1) is 24.9 Å².